The molecule has 0 bridgehead atoms. The Hall–Kier alpha value is -0.0800. The van der Waals surface area contributed by atoms with Crippen LogP contribution >= 0.6 is 0 Å². The molecule has 0 radical (unpaired) electrons. The van der Waals surface area contributed by atoms with Gasteiger partial charge in [0.15, 0.2) is 0 Å². The van der Waals surface area contributed by atoms with Gasteiger partial charge in [-0.05, 0) is 36.6 Å². The summed E-state index contributed by atoms with van der Waals surface area (Å²) in [5, 5.41) is 0. The largest absolute Gasteiger partial charge is 0.330 e. The third-order valence-electron chi connectivity index (χ3n) is 4.59. The average molecular weight is 196 g/mol. The fraction of sp³-hybridized carbons (Fsp3) is 1.00. The van der Waals surface area contributed by atoms with Crippen LogP contribution in [-0.4, -0.2) is 30.6 Å². The summed E-state index contributed by atoms with van der Waals surface area (Å²) in [6.45, 7) is 10.4. The maximum absolute atomic E-state index is 5.88. The van der Waals surface area contributed by atoms with Crippen molar-refractivity contribution in [2.24, 2.45) is 23.0 Å². The van der Waals surface area contributed by atoms with Gasteiger partial charge in [0, 0.05) is 19.1 Å². The van der Waals surface area contributed by atoms with Crippen LogP contribution in [0.15, 0.2) is 0 Å². The van der Waals surface area contributed by atoms with Gasteiger partial charge in [0.2, 0.25) is 0 Å². The minimum absolute atomic E-state index is 0.374. The van der Waals surface area contributed by atoms with Crippen LogP contribution in [0.3, 0.4) is 0 Å². The molecule has 2 N–H and O–H groups in total. The van der Waals surface area contributed by atoms with Gasteiger partial charge in [0.05, 0.1) is 0 Å². The Morgan fingerprint density at radius 1 is 1.36 bits per heavy atom. The molecule has 2 aliphatic rings. The Bertz CT molecular complexity index is 210. The number of nitrogens with zero attached hydrogens (tertiary/aromatic N) is 1. The van der Waals surface area contributed by atoms with E-state index in [1.807, 2.05) is 0 Å². The van der Waals surface area contributed by atoms with Gasteiger partial charge in [0.25, 0.3) is 0 Å². The first-order valence-corrected chi connectivity index (χ1v) is 5.99. The van der Waals surface area contributed by atoms with Gasteiger partial charge in [-0.3, -0.25) is 4.90 Å². The predicted molar refractivity (Wildman–Crippen MR) is 60.1 cm³/mol. The molecule has 1 saturated carbocycles. The first-order chi connectivity index (χ1) is 6.55. The fourth-order valence-electron chi connectivity index (χ4n) is 2.96. The summed E-state index contributed by atoms with van der Waals surface area (Å²) in [4.78, 5) is 2.68. The smallest absolute Gasteiger partial charge is 0.0101 e. The second kappa shape index (κ2) is 3.49. The molecule has 1 aliphatic heterocycles. The van der Waals surface area contributed by atoms with E-state index in [1.54, 1.807) is 0 Å². The molecular weight excluding hydrogens is 172 g/mol. The highest BCUT2D eigenvalue weighted by molar-refractivity contribution is 4.97. The van der Waals surface area contributed by atoms with Crippen molar-refractivity contribution in [1.82, 2.24) is 4.90 Å². The molecule has 2 unspecified atom stereocenters. The molecule has 1 heterocycles. The molecule has 0 aromatic heterocycles. The van der Waals surface area contributed by atoms with Crippen LogP contribution in [0.5, 0.6) is 0 Å². The lowest BCUT2D eigenvalue weighted by Crippen LogP contribution is -2.44. The van der Waals surface area contributed by atoms with Crippen molar-refractivity contribution in [1.29, 1.82) is 0 Å². The summed E-state index contributed by atoms with van der Waals surface area (Å²) in [5.41, 5.74) is 6.25. The number of hydrogen-bond acceptors (Lipinski definition) is 2. The maximum atomic E-state index is 5.88. The summed E-state index contributed by atoms with van der Waals surface area (Å²) in [6, 6.07) is 0.876. The van der Waals surface area contributed by atoms with E-state index in [2.05, 4.69) is 25.7 Å². The van der Waals surface area contributed by atoms with Crippen molar-refractivity contribution in [2.45, 2.75) is 39.7 Å². The molecule has 0 aromatic carbocycles. The number of hydrogen-bond donors (Lipinski definition) is 1. The normalized spacial score (nSPS) is 49.3. The minimum Gasteiger partial charge on any atom is -0.330 e. The molecule has 14 heavy (non-hydrogen) atoms. The molecule has 2 rings (SSSR count). The van der Waals surface area contributed by atoms with E-state index in [4.69, 9.17) is 5.73 Å². The molecule has 1 aliphatic carbocycles. The topological polar surface area (TPSA) is 29.3 Å². The molecule has 0 spiro atoms. The molecule has 82 valence electrons. The zero-order valence-corrected chi connectivity index (χ0v) is 9.79. The Kier molecular flexibility index (Phi) is 2.61. The van der Waals surface area contributed by atoms with Gasteiger partial charge in [-0.25, -0.2) is 0 Å². The second-order valence-electron chi connectivity index (χ2n) is 5.92. The highest BCUT2D eigenvalue weighted by Crippen LogP contribution is 2.40. The molecule has 2 nitrogen and oxygen atoms in total. The van der Waals surface area contributed by atoms with Crippen molar-refractivity contribution in [2.75, 3.05) is 19.6 Å². The van der Waals surface area contributed by atoms with Crippen LogP contribution in [-0.2, 0) is 0 Å². The molecule has 0 amide bonds. The third kappa shape index (κ3) is 1.59. The van der Waals surface area contributed by atoms with E-state index < -0.39 is 0 Å². The lowest BCUT2D eigenvalue weighted by molar-refractivity contribution is 0.0987. The van der Waals surface area contributed by atoms with E-state index in [9.17, 15) is 0 Å². The molecular formula is C12H24N2. The van der Waals surface area contributed by atoms with Crippen LogP contribution in [0, 0.1) is 17.3 Å². The fourth-order valence-corrected chi connectivity index (χ4v) is 2.96. The van der Waals surface area contributed by atoms with Crippen LogP contribution < -0.4 is 5.73 Å². The van der Waals surface area contributed by atoms with Gasteiger partial charge in [0.1, 0.15) is 0 Å². The first-order valence-electron chi connectivity index (χ1n) is 5.99. The monoisotopic (exact) mass is 196 g/mol. The van der Waals surface area contributed by atoms with Gasteiger partial charge in [-0.2, -0.15) is 0 Å². The summed E-state index contributed by atoms with van der Waals surface area (Å²) in [6.07, 6.45) is 2.82. The van der Waals surface area contributed by atoms with Gasteiger partial charge in [-0.15, -0.1) is 0 Å². The van der Waals surface area contributed by atoms with Crippen LogP contribution in [0.1, 0.15) is 33.6 Å². The summed E-state index contributed by atoms with van der Waals surface area (Å²) in [5.74, 6) is 1.73. The summed E-state index contributed by atoms with van der Waals surface area (Å²) in [7, 11) is 0. The third-order valence-corrected chi connectivity index (χ3v) is 4.59. The van der Waals surface area contributed by atoms with E-state index in [0.29, 0.717) is 5.41 Å². The highest BCUT2D eigenvalue weighted by atomic mass is 15.2. The van der Waals surface area contributed by atoms with Gasteiger partial charge in [-0.1, -0.05) is 20.8 Å². The molecule has 2 atom stereocenters. The molecule has 1 saturated heterocycles. The minimum atomic E-state index is 0.374. The van der Waals surface area contributed by atoms with Crippen molar-refractivity contribution < 1.29 is 0 Å². The SMILES string of the molecule is CC1CC(N2CC(C)C(C)(CN)C2)C1. The van der Waals surface area contributed by atoms with E-state index >= 15 is 0 Å². The molecule has 2 fully saturated rings. The van der Waals surface area contributed by atoms with Crippen molar-refractivity contribution in [3.8, 4) is 0 Å². The van der Waals surface area contributed by atoms with Gasteiger partial charge < -0.3 is 5.73 Å². The first kappa shape index (κ1) is 10.4. The maximum Gasteiger partial charge on any atom is 0.0101 e. The lowest BCUT2D eigenvalue weighted by atomic mass is 9.80. The quantitative estimate of drug-likeness (QED) is 0.728. The van der Waals surface area contributed by atoms with Crippen LogP contribution in [0.2, 0.25) is 0 Å². The zero-order chi connectivity index (χ0) is 10.3. The van der Waals surface area contributed by atoms with Crippen LogP contribution in [0.25, 0.3) is 0 Å². The van der Waals surface area contributed by atoms with E-state index in [0.717, 1.165) is 24.4 Å². The van der Waals surface area contributed by atoms with Crippen molar-refractivity contribution in [3.05, 3.63) is 0 Å². The number of likely N-dealkylation sites (tertiary alicyclic amines) is 1. The highest BCUT2D eigenvalue weighted by Gasteiger charge is 2.43. The number of rotatable bonds is 2. The standard InChI is InChI=1S/C12H24N2/c1-9-4-11(5-9)14-6-10(2)12(3,7-13)8-14/h9-11H,4-8,13H2,1-3H3. The van der Waals surface area contributed by atoms with Gasteiger partial charge >= 0.3 is 0 Å². The van der Waals surface area contributed by atoms with E-state index in [1.165, 1.54) is 25.9 Å². The summed E-state index contributed by atoms with van der Waals surface area (Å²) < 4.78 is 0. The predicted octanol–water partition coefficient (Wildman–Crippen LogP) is 1.70. The Balaban J connectivity index is 1.93. The van der Waals surface area contributed by atoms with Crippen molar-refractivity contribution >= 4 is 0 Å². The Labute approximate surface area is 87.8 Å². The molecule has 2 heteroatoms. The van der Waals surface area contributed by atoms with Crippen molar-refractivity contribution in [3.63, 3.8) is 0 Å². The molecule has 0 aromatic rings. The summed E-state index contributed by atoms with van der Waals surface area (Å²) >= 11 is 0. The number of nitrogens with two attached hydrogens (primary N) is 1. The Morgan fingerprint density at radius 2 is 2.00 bits per heavy atom. The second-order valence-corrected chi connectivity index (χ2v) is 5.92. The zero-order valence-electron chi connectivity index (χ0n) is 9.79. The lowest BCUT2D eigenvalue weighted by Gasteiger charge is -2.40. The van der Waals surface area contributed by atoms with E-state index in [-0.39, 0.29) is 0 Å². The average Bonchev–Trinajstić information content (AvgIpc) is 2.39. The van der Waals surface area contributed by atoms with Crippen LogP contribution in [0.4, 0.5) is 0 Å². The Morgan fingerprint density at radius 3 is 2.43 bits per heavy atom.